The third kappa shape index (κ3) is 4.89. The maximum absolute atomic E-state index is 12.7. The fourth-order valence-corrected chi connectivity index (χ4v) is 2.98. The van der Waals surface area contributed by atoms with Crippen LogP contribution in [0, 0.1) is 19.3 Å². The molecule has 0 saturated heterocycles. The predicted molar refractivity (Wildman–Crippen MR) is 87.3 cm³/mol. The average Bonchev–Trinajstić information content (AvgIpc) is 2.47. The van der Waals surface area contributed by atoms with Gasteiger partial charge in [0.1, 0.15) is 0 Å². The summed E-state index contributed by atoms with van der Waals surface area (Å²) in [6, 6.07) is 6.85. The Morgan fingerprint density at radius 2 is 1.90 bits per heavy atom. The Morgan fingerprint density at radius 1 is 1.29 bits per heavy atom. The van der Waals surface area contributed by atoms with Crippen molar-refractivity contribution in [3.05, 3.63) is 53.6 Å². The lowest BCUT2D eigenvalue weighted by Gasteiger charge is -2.19. The molecule has 0 saturated carbocycles. The zero-order chi connectivity index (χ0) is 15.9. The van der Waals surface area contributed by atoms with E-state index in [9.17, 15) is 8.42 Å². The van der Waals surface area contributed by atoms with E-state index in [-0.39, 0.29) is 6.54 Å². The van der Waals surface area contributed by atoms with Gasteiger partial charge in [-0.05, 0) is 38.5 Å². The molecule has 0 radical (unpaired) electrons. The van der Waals surface area contributed by atoms with Gasteiger partial charge in [0.05, 0.1) is 4.90 Å². The van der Waals surface area contributed by atoms with E-state index in [1.165, 1.54) is 4.31 Å². The first-order chi connectivity index (χ1) is 9.91. The molecule has 0 aromatic heterocycles. The molecule has 1 aromatic carbocycles. The summed E-state index contributed by atoms with van der Waals surface area (Å²) in [7, 11) is -3.53. The Labute approximate surface area is 128 Å². The van der Waals surface area contributed by atoms with Crippen LogP contribution in [-0.2, 0) is 10.0 Å². The van der Waals surface area contributed by atoms with E-state index in [2.05, 4.69) is 5.92 Å². The number of benzene rings is 1. The van der Waals surface area contributed by atoms with Crippen LogP contribution in [0.1, 0.15) is 19.4 Å². The molecule has 112 valence electrons. The summed E-state index contributed by atoms with van der Waals surface area (Å²) >= 11 is 0. The van der Waals surface area contributed by atoms with Crippen molar-refractivity contribution in [1.29, 1.82) is 0 Å². The molecule has 21 heavy (non-hydrogen) atoms. The Bertz CT molecular complexity index is 662. The van der Waals surface area contributed by atoms with Gasteiger partial charge in [-0.3, -0.25) is 0 Å². The number of aryl methyl sites for hydroxylation is 1. The third-order valence-corrected chi connectivity index (χ3v) is 4.88. The predicted octanol–water partition coefficient (Wildman–Crippen LogP) is 3.14. The van der Waals surface area contributed by atoms with Crippen LogP contribution < -0.4 is 0 Å². The van der Waals surface area contributed by atoms with Crippen molar-refractivity contribution in [2.75, 3.05) is 13.1 Å². The SMILES string of the molecule is C#C/C(C)=C\CN(CC=CC)S(=O)(=O)c1ccc(C)cc1. The van der Waals surface area contributed by atoms with Crippen LogP contribution in [-0.4, -0.2) is 25.8 Å². The highest BCUT2D eigenvalue weighted by molar-refractivity contribution is 7.89. The molecular weight excluding hydrogens is 282 g/mol. The number of allylic oxidation sites excluding steroid dienone is 2. The molecule has 1 rings (SSSR count). The minimum absolute atomic E-state index is 0.260. The zero-order valence-electron chi connectivity index (χ0n) is 12.7. The quantitative estimate of drug-likeness (QED) is 0.598. The lowest BCUT2D eigenvalue weighted by atomic mass is 10.2. The molecule has 4 heteroatoms. The first-order valence-corrected chi connectivity index (χ1v) is 8.17. The molecule has 0 fully saturated rings. The van der Waals surface area contributed by atoms with Gasteiger partial charge in [0.2, 0.25) is 10.0 Å². The molecular formula is C17H21NO2S. The summed E-state index contributed by atoms with van der Waals surface area (Å²) in [6.45, 7) is 6.15. The van der Waals surface area contributed by atoms with Crippen LogP contribution in [0.15, 0.2) is 53.0 Å². The highest BCUT2D eigenvalue weighted by Gasteiger charge is 2.22. The van der Waals surface area contributed by atoms with Crippen molar-refractivity contribution < 1.29 is 8.42 Å². The number of hydrogen-bond donors (Lipinski definition) is 0. The molecule has 3 nitrogen and oxygen atoms in total. The Kier molecular flexibility index (Phi) is 6.41. The summed E-state index contributed by atoms with van der Waals surface area (Å²) in [6.07, 6.45) is 10.7. The molecule has 1 aromatic rings. The molecule has 0 heterocycles. The molecule has 0 spiro atoms. The van der Waals surface area contributed by atoms with Gasteiger partial charge in [-0.15, -0.1) is 6.42 Å². The second-order valence-electron chi connectivity index (χ2n) is 4.74. The highest BCUT2D eigenvalue weighted by Crippen LogP contribution is 2.16. The fraction of sp³-hybridized carbons (Fsp3) is 0.294. The fourth-order valence-electron chi connectivity index (χ4n) is 1.65. The van der Waals surface area contributed by atoms with Crippen LogP contribution in [0.3, 0.4) is 0 Å². The largest absolute Gasteiger partial charge is 0.243 e. The lowest BCUT2D eigenvalue weighted by Crippen LogP contribution is -2.31. The number of terminal acetylenes is 1. The van der Waals surface area contributed by atoms with E-state index in [1.54, 1.807) is 37.3 Å². The maximum atomic E-state index is 12.7. The van der Waals surface area contributed by atoms with Gasteiger partial charge in [-0.2, -0.15) is 4.31 Å². The van der Waals surface area contributed by atoms with Gasteiger partial charge in [0, 0.05) is 13.1 Å². The van der Waals surface area contributed by atoms with Crippen molar-refractivity contribution in [3.63, 3.8) is 0 Å². The van der Waals surface area contributed by atoms with Gasteiger partial charge in [-0.25, -0.2) is 8.42 Å². The normalized spacial score (nSPS) is 12.8. The van der Waals surface area contributed by atoms with Crippen molar-refractivity contribution >= 4 is 10.0 Å². The van der Waals surface area contributed by atoms with Crippen molar-refractivity contribution in [3.8, 4) is 12.3 Å². The lowest BCUT2D eigenvalue weighted by molar-refractivity contribution is 0.473. The van der Waals surface area contributed by atoms with E-state index in [0.717, 1.165) is 11.1 Å². The Hall–Kier alpha value is -1.83. The number of rotatable bonds is 6. The number of sulfonamides is 1. The first-order valence-electron chi connectivity index (χ1n) is 6.73. The monoisotopic (exact) mass is 303 g/mol. The van der Waals surface area contributed by atoms with Crippen molar-refractivity contribution in [2.24, 2.45) is 0 Å². The molecule has 0 amide bonds. The van der Waals surface area contributed by atoms with Crippen LogP contribution >= 0.6 is 0 Å². The Balaban J connectivity index is 3.11. The van der Waals surface area contributed by atoms with Gasteiger partial charge in [-0.1, -0.05) is 41.8 Å². The maximum Gasteiger partial charge on any atom is 0.243 e. The molecule has 0 aliphatic heterocycles. The van der Waals surface area contributed by atoms with Crippen LogP contribution in [0.25, 0.3) is 0 Å². The van der Waals surface area contributed by atoms with Crippen LogP contribution in [0.5, 0.6) is 0 Å². The van der Waals surface area contributed by atoms with Gasteiger partial charge >= 0.3 is 0 Å². The minimum Gasteiger partial charge on any atom is -0.207 e. The molecule has 0 unspecified atom stereocenters. The third-order valence-electron chi connectivity index (χ3n) is 3.03. The second-order valence-corrected chi connectivity index (χ2v) is 6.67. The van der Waals surface area contributed by atoms with Crippen LogP contribution in [0.4, 0.5) is 0 Å². The molecule has 0 N–H and O–H groups in total. The molecule has 0 atom stereocenters. The van der Waals surface area contributed by atoms with E-state index in [0.29, 0.717) is 11.4 Å². The van der Waals surface area contributed by atoms with E-state index in [1.807, 2.05) is 26.0 Å². The summed E-state index contributed by atoms with van der Waals surface area (Å²) in [5.41, 5.74) is 1.75. The van der Waals surface area contributed by atoms with Gasteiger partial charge in [0.15, 0.2) is 0 Å². The summed E-state index contributed by atoms with van der Waals surface area (Å²) in [5, 5.41) is 0. The topological polar surface area (TPSA) is 37.4 Å². The summed E-state index contributed by atoms with van der Waals surface area (Å²) in [5.74, 6) is 2.50. The van der Waals surface area contributed by atoms with Crippen molar-refractivity contribution in [2.45, 2.75) is 25.7 Å². The Morgan fingerprint density at radius 3 is 2.43 bits per heavy atom. The standard InChI is InChI=1S/C17H21NO2S/c1-5-7-13-18(14-12-15(3)6-2)21(19,20)17-10-8-16(4)9-11-17/h2,5,7-12H,13-14H2,1,3-4H3/b7-5?,15-12-. The highest BCUT2D eigenvalue weighted by atomic mass is 32.2. The van der Waals surface area contributed by atoms with Crippen molar-refractivity contribution in [1.82, 2.24) is 4.31 Å². The van der Waals surface area contributed by atoms with Crippen LogP contribution in [0.2, 0.25) is 0 Å². The minimum atomic E-state index is -3.53. The van der Waals surface area contributed by atoms with E-state index >= 15 is 0 Å². The van der Waals surface area contributed by atoms with Gasteiger partial charge in [0.25, 0.3) is 0 Å². The second kappa shape index (κ2) is 7.82. The molecule has 0 bridgehead atoms. The molecule has 0 aliphatic rings. The number of nitrogens with zero attached hydrogens (tertiary/aromatic N) is 1. The summed E-state index contributed by atoms with van der Waals surface area (Å²) < 4.78 is 26.7. The average molecular weight is 303 g/mol. The zero-order valence-corrected chi connectivity index (χ0v) is 13.5. The smallest absolute Gasteiger partial charge is 0.207 e. The summed E-state index contributed by atoms with van der Waals surface area (Å²) in [4.78, 5) is 0.296. The number of hydrogen-bond acceptors (Lipinski definition) is 2. The van der Waals surface area contributed by atoms with E-state index in [4.69, 9.17) is 6.42 Å². The first kappa shape index (κ1) is 17.2. The van der Waals surface area contributed by atoms with E-state index < -0.39 is 10.0 Å². The molecule has 0 aliphatic carbocycles. The van der Waals surface area contributed by atoms with Gasteiger partial charge < -0.3 is 0 Å².